The summed E-state index contributed by atoms with van der Waals surface area (Å²) < 4.78 is 38.6. The molecule has 0 bridgehead atoms. The van der Waals surface area contributed by atoms with Gasteiger partial charge in [-0.05, 0) is 69.3 Å². The minimum absolute atomic E-state index is 0. The molecule has 1 atom stereocenters. The van der Waals surface area contributed by atoms with Crippen LogP contribution in [-0.2, 0) is 10.0 Å². The molecular weight excluding hydrogens is 527 g/mol. The van der Waals surface area contributed by atoms with Crippen molar-refractivity contribution in [3.63, 3.8) is 0 Å². The first-order chi connectivity index (χ1) is 18.1. The van der Waals surface area contributed by atoms with Crippen molar-refractivity contribution in [1.82, 2.24) is 9.71 Å². The van der Waals surface area contributed by atoms with E-state index in [1.165, 1.54) is 25.2 Å². The molecule has 0 aliphatic rings. The zero-order valence-corrected chi connectivity index (χ0v) is 25.0. The van der Waals surface area contributed by atoms with E-state index < -0.39 is 22.1 Å². The fraction of sp³-hybridized carbons (Fsp3) is 0.172. The molecule has 39 heavy (non-hydrogen) atoms. The number of carboxylic acid groups (broad SMARTS) is 1. The molecule has 3 aromatic carbocycles. The Morgan fingerprint density at radius 2 is 1.74 bits per heavy atom. The Labute approximate surface area is 248 Å². The molecule has 0 radical (unpaired) electrons. The van der Waals surface area contributed by atoms with Crippen molar-refractivity contribution in [3.8, 4) is 17.2 Å². The normalized spacial score (nSPS) is 12.3. The van der Waals surface area contributed by atoms with Crippen LogP contribution < -0.4 is 44.1 Å². The summed E-state index contributed by atoms with van der Waals surface area (Å²) in [6.45, 7) is 5.55. The third kappa shape index (κ3) is 5.33. The molecule has 8 nitrogen and oxygen atoms in total. The number of pyridine rings is 1. The van der Waals surface area contributed by atoms with Gasteiger partial charge in [-0.15, -0.1) is 0 Å². The Hall–Kier alpha value is -3.21. The van der Waals surface area contributed by atoms with E-state index in [1.807, 2.05) is 44.2 Å². The smallest absolute Gasteiger partial charge is 0.545 e. The number of aromatic nitrogens is 1. The average Bonchev–Trinajstić information content (AvgIpc) is 3.26. The summed E-state index contributed by atoms with van der Waals surface area (Å²) in [6.07, 6.45) is -0.515. The Balaban J connectivity index is 0.00000353. The zero-order chi connectivity index (χ0) is 27.2. The van der Waals surface area contributed by atoms with Crippen LogP contribution in [0.15, 0.2) is 76.0 Å². The molecule has 0 spiro atoms. The number of para-hydroxylation sites is 1. The minimum Gasteiger partial charge on any atom is -0.545 e. The first kappa shape index (κ1) is 28.8. The van der Waals surface area contributed by atoms with E-state index in [9.17, 15) is 18.3 Å². The number of ether oxygens (including phenoxy) is 1. The molecule has 194 valence electrons. The van der Waals surface area contributed by atoms with Crippen LogP contribution in [0.2, 0.25) is 0 Å². The Bertz CT molecular complexity index is 1810. The molecule has 1 N–H and O–H groups in total. The number of carbonyl (C=O) groups is 1. The van der Waals surface area contributed by atoms with Crippen molar-refractivity contribution in [2.45, 2.75) is 31.8 Å². The average molecular weight is 553 g/mol. The van der Waals surface area contributed by atoms with Gasteiger partial charge >= 0.3 is 29.6 Å². The molecule has 2 heterocycles. The molecule has 5 aromatic rings. The van der Waals surface area contributed by atoms with Crippen molar-refractivity contribution < 1.29 is 57.0 Å². The van der Waals surface area contributed by atoms with Gasteiger partial charge in [0.05, 0.1) is 21.8 Å². The number of hydrogen-bond acceptors (Lipinski definition) is 7. The van der Waals surface area contributed by atoms with Gasteiger partial charge in [0, 0.05) is 16.5 Å². The van der Waals surface area contributed by atoms with Gasteiger partial charge in [0.2, 0.25) is 10.0 Å². The van der Waals surface area contributed by atoms with Crippen LogP contribution in [0, 0.1) is 13.8 Å². The van der Waals surface area contributed by atoms with Crippen LogP contribution in [0.1, 0.15) is 40.1 Å². The summed E-state index contributed by atoms with van der Waals surface area (Å²) in [5, 5.41) is 13.6. The molecule has 10 heteroatoms. The zero-order valence-electron chi connectivity index (χ0n) is 22.2. The van der Waals surface area contributed by atoms with Gasteiger partial charge in [-0.25, -0.2) is 18.1 Å². The maximum Gasteiger partial charge on any atom is 1.00 e. The third-order valence-corrected chi connectivity index (χ3v) is 8.08. The Kier molecular flexibility index (Phi) is 8.20. The first-order valence-corrected chi connectivity index (χ1v) is 13.4. The number of hydrogen-bond donors (Lipinski definition) is 1. The Morgan fingerprint density at radius 1 is 1.05 bits per heavy atom. The number of aryl methyl sites for hydroxylation is 2. The molecule has 5 rings (SSSR count). The van der Waals surface area contributed by atoms with E-state index in [-0.39, 0.29) is 40.0 Å². The molecule has 0 saturated carbocycles. The van der Waals surface area contributed by atoms with Crippen molar-refractivity contribution in [2.24, 2.45) is 0 Å². The van der Waals surface area contributed by atoms with Crippen molar-refractivity contribution in [1.29, 1.82) is 0 Å². The van der Waals surface area contributed by atoms with E-state index in [4.69, 9.17) is 14.1 Å². The number of fused-ring (bicyclic) bond motifs is 2. The van der Waals surface area contributed by atoms with E-state index in [0.29, 0.717) is 39.3 Å². The van der Waals surface area contributed by atoms with Gasteiger partial charge in [-0.1, -0.05) is 36.4 Å². The molecule has 0 saturated heterocycles. The summed E-state index contributed by atoms with van der Waals surface area (Å²) in [5.74, 6) is -0.548. The molecule has 0 fully saturated rings. The number of sulfonamides is 1. The number of aromatic carboxylic acids is 1. The molecule has 0 amide bonds. The first-order valence-electron chi connectivity index (χ1n) is 11.9. The molecule has 2 aromatic heterocycles. The van der Waals surface area contributed by atoms with Crippen molar-refractivity contribution in [3.05, 3.63) is 89.0 Å². The van der Waals surface area contributed by atoms with Crippen LogP contribution in [-0.4, -0.2) is 26.4 Å². The SMILES string of the molecule is CNS(=O)(=O)c1ccc(C(C)Oc2ccc(C)c3nc(-c4oc5ccccc5c4C)cc(C(=O)[O-])c23)cc1.[Na+]. The second kappa shape index (κ2) is 11.1. The predicted octanol–water partition coefficient (Wildman–Crippen LogP) is 1.68. The maximum atomic E-state index is 12.3. The molecule has 1 unspecified atom stereocenters. The number of rotatable bonds is 7. The van der Waals surface area contributed by atoms with Crippen molar-refractivity contribution >= 4 is 37.9 Å². The molecule has 0 aliphatic carbocycles. The number of nitrogens with zero attached hydrogens (tertiary/aromatic N) is 1. The standard InChI is InChI=1S/C29H26N2O6S.Na/c1-16-9-14-25(36-18(3)19-10-12-20(13-11-19)38(34,35)30-4)26-22(29(32)33)15-23(31-27(16)26)28-17(2)21-7-5-6-8-24(21)37-28;/h5-15,18,30H,1-4H3,(H,32,33);/q;+1/p-1. The number of carboxylic acids is 1. The van der Waals surface area contributed by atoms with Crippen molar-refractivity contribution in [2.75, 3.05) is 7.05 Å². The summed E-state index contributed by atoms with van der Waals surface area (Å²) in [5.41, 5.74) is 3.81. The van der Waals surface area contributed by atoms with Crippen LogP contribution in [0.25, 0.3) is 33.3 Å². The van der Waals surface area contributed by atoms with Crippen LogP contribution in [0.3, 0.4) is 0 Å². The maximum absolute atomic E-state index is 12.3. The second-order valence-electron chi connectivity index (χ2n) is 9.04. The van der Waals surface area contributed by atoms with E-state index >= 15 is 0 Å². The number of benzene rings is 3. The van der Waals surface area contributed by atoms with Gasteiger partial charge in [0.1, 0.15) is 23.1 Å². The van der Waals surface area contributed by atoms with E-state index in [0.717, 1.165) is 16.5 Å². The van der Waals surface area contributed by atoms with Gasteiger partial charge in [-0.3, -0.25) is 0 Å². The number of nitrogens with one attached hydrogen (secondary N) is 1. The summed E-state index contributed by atoms with van der Waals surface area (Å²) >= 11 is 0. The summed E-state index contributed by atoms with van der Waals surface area (Å²) in [6, 6.07) is 18.9. The largest absolute Gasteiger partial charge is 1.00 e. The number of carbonyl (C=O) groups excluding carboxylic acids is 1. The quantitative estimate of drug-likeness (QED) is 0.305. The fourth-order valence-corrected chi connectivity index (χ4v) is 5.26. The second-order valence-corrected chi connectivity index (χ2v) is 10.9. The van der Waals surface area contributed by atoms with Gasteiger partial charge in [-0.2, -0.15) is 0 Å². The number of furan rings is 1. The topological polar surface area (TPSA) is 122 Å². The van der Waals surface area contributed by atoms with E-state index in [1.54, 1.807) is 25.1 Å². The fourth-order valence-electron chi connectivity index (χ4n) is 4.53. The minimum atomic E-state index is -3.57. The van der Waals surface area contributed by atoms with Crippen LogP contribution in [0.5, 0.6) is 5.75 Å². The van der Waals surface area contributed by atoms with Crippen LogP contribution in [0.4, 0.5) is 0 Å². The van der Waals surface area contributed by atoms with E-state index in [2.05, 4.69) is 4.72 Å². The molecular formula is C29H25N2NaO6S. The summed E-state index contributed by atoms with van der Waals surface area (Å²) in [7, 11) is -2.22. The third-order valence-electron chi connectivity index (χ3n) is 6.65. The van der Waals surface area contributed by atoms with Gasteiger partial charge in [0.15, 0.2) is 5.76 Å². The van der Waals surface area contributed by atoms with Crippen LogP contribution >= 0.6 is 0 Å². The van der Waals surface area contributed by atoms with Gasteiger partial charge in [0.25, 0.3) is 0 Å². The predicted molar refractivity (Wildman–Crippen MR) is 142 cm³/mol. The Morgan fingerprint density at radius 3 is 2.38 bits per heavy atom. The monoisotopic (exact) mass is 552 g/mol. The van der Waals surface area contributed by atoms with Gasteiger partial charge < -0.3 is 19.1 Å². The molecule has 0 aliphatic heterocycles. The summed E-state index contributed by atoms with van der Waals surface area (Å²) in [4.78, 5) is 17.3.